The van der Waals surface area contributed by atoms with Crippen molar-refractivity contribution in [3.8, 4) is 11.4 Å². The molecule has 2 N–H and O–H groups in total. The number of carbonyl (C=O) groups is 1. The summed E-state index contributed by atoms with van der Waals surface area (Å²) in [6.07, 6.45) is 0.108. The number of hydrogen-bond donors (Lipinski definition) is 2. The number of hydrogen-bond acceptors (Lipinski definition) is 7. The van der Waals surface area contributed by atoms with Crippen LogP contribution in [0.5, 0.6) is 0 Å². The minimum absolute atomic E-state index is 0.108. The number of nitrogens with zero attached hydrogens (tertiary/aromatic N) is 2. The maximum Gasteiger partial charge on any atom is 0.343 e. The Kier molecular flexibility index (Phi) is 3.67. The van der Waals surface area contributed by atoms with E-state index in [1.807, 2.05) is 12.1 Å². The number of pyridine rings is 2. The summed E-state index contributed by atoms with van der Waals surface area (Å²) in [7, 11) is 0. The van der Waals surface area contributed by atoms with Crippen LogP contribution in [0.25, 0.3) is 22.3 Å². The zero-order valence-corrected chi connectivity index (χ0v) is 15.7. The van der Waals surface area contributed by atoms with E-state index in [1.165, 1.54) is 0 Å². The second-order valence-electron chi connectivity index (χ2n) is 7.01. The molecule has 2 aliphatic heterocycles. The molecule has 4 heterocycles. The van der Waals surface area contributed by atoms with Crippen molar-refractivity contribution in [2.24, 2.45) is 0 Å². The van der Waals surface area contributed by atoms with Crippen molar-refractivity contribution in [2.75, 3.05) is 0 Å². The predicted molar refractivity (Wildman–Crippen MR) is 103 cm³/mol. The fourth-order valence-corrected chi connectivity index (χ4v) is 4.46. The molecule has 0 saturated carbocycles. The Hall–Kier alpha value is -2.68. The molecule has 1 aromatic carbocycles. The summed E-state index contributed by atoms with van der Waals surface area (Å²) < 4.78 is 16.2. The Morgan fingerprint density at radius 3 is 2.89 bits per heavy atom. The highest BCUT2D eigenvalue weighted by Gasteiger charge is 2.45. The van der Waals surface area contributed by atoms with E-state index in [4.69, 9.17) is 9.72 Å². The molecule has 7 nitrogen and oxygen atoms in total. The van der Waals surface area contributed by atoms with Gasteiger partial charge in [-0.1, -0.05) is 13.0 Å². The number of carbonyl (C=O) groups excluding carboxylic acids is 1. The molecule has 2 aliphatic rings. The number of esters is 1. The maximum absolute atomic E-state index is 13.1. The lowest BCUT2D eigenvalue weighted by Crippen LogP contribution is -2.44. The monoisotopic (exact) mass is 396 g/mol. The van der Waals surface area contributed by atoms with E-state index in [-0.39, 0.29) is 18.6 Å². The number of ether oxygens (including phenoxy) is 1. The third-order valence-electron chi connectivity index (χ3n) is 5.61. The number of fused-ring (bicyclic) bond motifs is 5. The van der Waals surface area contributed by atoms with Gasteiger partial charge in [-0.3, -0.25) is 4.79 Å². The first kappa shape index (κ1) is 17.4. The van der Waals surface area contributed by atoms with Gasteiger partial charge in [0.05, 0.1) is 29.0 Å². The van der Waals surface area contributed by atoms with E-state index in [9.17, 15) is 19.2 Å². The van der Waals surface area contributed by atoms with E-state index in [0.717, 1.165) is 10.9 Å². The Balaban J connectivity index is 1.79. The fourth-order valence-electron chi connectivity index (χ4n) is 4.05. The number of cyclic esters (lactones) is 1. The summed E-state index contributed by atoms with van der Waals surface area (Å²) in [5.74, 6) is -0.735. The lowest BCUT2D eigenvalue weighted by molar-refractivity contribution is -0.172. The molecule has 1 atom stereocenters. The van der Waals surface area contributed by atoms with Gasteiger partial charge in [-0.05, 0) is 30.7 Å². The van der Waals surface area contributed by atoms with E-state index in [1.54, 1.807) is 29.7 Å². The van der Waals surface area contributed by atoms with Crippen LogP contribution in [-0.4, -0.2) is 25.2 Å². The van der Waals surface area contributed by atoms with E-state index in [2.05, 4.69) is 0 Å². The number of rotatable bonds is 2. The number of aromatic nitrogens is 2. The van der Waals surface area contributed by atoms with Crippen LogP contribution < -0.4 is 5.56 Å². The third-order valence-corrected chi connectivity index (χ3v) is 6.16. The molecule has 5 rings (SSSR count). The van der Waals surface area contributed by atoms with Crippen molar-refractivity contribution >= 4 is 28.9 Å². The summed E-state index contributed by atoms with van der Waals surface area (Å²) in [4.78, 5) is 30.7. The molecule has 0 amide bonds. The van der Waals surface area contributed by atoms with Gasteiger partial charge in [-0.2, -0.15) is 0 Å². The minimum Gasteiger partial charge on any atom is -0.458 e. The lowest BCUT2D eigenvalue weighted by atomic mass is 9.86. The zero-order chi connectivity index (χ0) is 19.6. The Labute approximate surface area is 163 Å². The smallest absolute Gasteiger partial charge is 0.343 e. The molecular formula is C20H16N2O5S. The molecule has 0 aliphatic carbocycles. The van der Waals surface area contributed by atoms with Crippen LogP contribution in [0.1, 0.15) is 30.0 Å². The van der Waals surface area contributed by atoms with Gasteiger partial charge in [-0.15, -0.1) is 0 Å². The summed E-state index contributed by atoms with van der Waals surface area (Å²) >= 11 is 0.659. The first-order valence-electron chi connectivity index (χ1n) is 8.89. The second kappa shape index (κ2) is 5.91. The zero-order valence-electron chi connectivity index (χ0n) is 14.9. The molecule has 0 bridgehead atoms. The molecule has 142 valence electrons. The van der Waals surface area contributed by atoms with Crippen molar-refractivity contribution in [1.82, 2.24) is 9.55 Å². The standard InChI is InChI=1S/C20H16N2O5S/c1-2-20(25)13-7-15-17-10(6-11-14(21-17)4-3-5-16(11)28-26)8-22(15)18(23)12(13)9-27-19(20)24/h3-7,25-26H,2,8-9H2,1H3/t20-/m0/s1. The van der Waals surface area contributed by atoms with Crippen LogP contribution in [-0.2, 0) is 28.3 Å². The minimum atomic E-state index is -1.83. The second-order valence-corrected chi connectivity index (χ2v) is 7.64. The van der Waals surface area contributed by atoms with Gasteiger partial charge in [0, 0.05) is 33.5 Å². The fraction of sp³-hybridized carbons (Fsp3) is 0.250. The van der Waals surface area contributed by atoms with E-state index < -0.39 is 11.6 Å². The van der Waals surface area contributed by atoms with Crippen LogP contribution in [0, 0.1) is 0 Å². The largest absolute Gasteiger partial charge is 0.458 e. The average molecular weight is 396 g/mol. The summed E-state index contributed by atoms with van der Waals surface area (Å²) in [6, 6.07) is 9.07. The van der Waals surface area contributed by atoms with Crippen molar-refractivity contribution in [2.45, 2.75) is 37.0 Å². The first-order valence-corrected chi connectivity index (χ1v) is 9.66. The number of aliphatic hydroxyl groups is 1. The molecule has 0 fully saturated rings. The van der Waals surface area contributed by atoms with Gasteiger partial charge in [0.2, 0.25) is 0 Å². The quantitative estimate of drug-likeness (QED) is 0.397. The summed E-state index contributed by atoms with van der Waals surface area (Å²) in [6.45, 7) is 1.87. The topological polar surface area (TPSA) is 102 Å². The third kappa shape index (κ3) is 2.16. The van der Waals surface area contributed by atoms with Crippen LogP contribution in [0.2, 0.25) is 0 Å². The molecule has 0 spiro atoms. The van der Waals surface area contributed by atoms with Crippen molar-refractivity contribution in [3.05, 3.63) is 57.4 Å². The van der Waals surface area contributed by atoms with Gasteiger partial charge in [0.1, 0.15) is 6.61 Å². The van der Waals surface area contributed by atoms with Gasteiger partial charge < -0.3 is 19.0 Å². The van der Waals surface area contributed by atoms with Gasteiger partial charge in [0.15, 0.2) is 5.60 Å². The molecule has 0 radical (unpaired) electrons. The average Bonchev–Trinajstić information content (AvgIpc) is 3.07. The van der Waals surface area contributed by atoms with Gasteiger partial charge >= 0.3 is 5.97 Å². The highest BCUT2D eigenvalue weighted by atomic mass is 32.2. The first-order chi connectivity index (χ1) is 13.5. The van der Waals surface area contributed by atoms with Crippen LogP contribution in [0.3, 0.4) is 0 Å². The van der Waals surface area contributed by atoms with Crippen molar-refractivity contribution in [3.63, 3.8) is 0 Å². The molecule has 2 aromatic heterocycles. The lowest BCUT2D eigenvalue weighted by Gasteiger charge is -2.31. The molecule has 3 aromatic rings. The van der Waals surface area contributed by atoms with Gasteiger partial charge in [-0.25, -0.2) is 9.78 Å². The highest BCUT2D eigenvalue weighted by molar-refractivity contribution is 7.94. The summed E-state index contributed by atoms with van der Waals surface area (Å²) in [5, 5.41) is 11.7. The van der Waals surface area contributed by atoms with Gasteiger partial charge in [0.25, 0.3) is 5.56 Å². The van der Waals surface area contributed by atoms with Crippen LogP contribution in [0.4, 0.5) is 0 Å². The molecular weight excluding hydrogens is 380 g/mol. The predicted octanol–water partition coefficient (Wildman–Crippen LogP) is 2.64. The van der Waals surface area contributed by atoms with Crippen LogP contribution >= 0.6 is 12.0 Å². The van der Waals surface area contributed by atoms with E-state index in [0.29, 0.717) is 51.5 Å². The van der Waals surface area contributed by atoms with Crippen molar-refractivity contribution in [1.29, 1.82) is 0 Å². The summed E-state index contributed by atoms with van der Waals surface area (Å²) in [5.41, 5.74) is 1.25. The van der Waals surface area contributed by atoms with Crippen LogP contribution in [0.15, 0.2) is 40.0 Å². The molecule has 0 unspecified atom stereocenters. The maximum atomic E-state index is 13.1. The highest BCUT2D eigenvalue weighted by Crippen LogP contribution is 2.39. The molecule has 28 heavy (non-hydrogen) atoms. The normalized spacial score (nSPS) is 19.9. The van der Waals surface area contributed by atoms with E-state index >= 15 is 0 Å². The molecule has 0 saturated heterocycles. The Morgan fingerprint density at radius 2 is 2.14 bits per heavy atom. The van der Waals surface area contributed by atoms with Crippen molar-refractivity contribution < 1.29 is 19.2 Å². The SMILES string of the molecule is CC[C@@]1(O)C(=O)OCc2c1cc1n(c2=O)Cc2cc3c(SO)cccc3nc2-1. The molecule has 8 heteroatoms. The number of benzene rings is 1. The Morgan fingerprint density at radius 1 is 1.32 bits per heavy atom. The Bertz CT molecular complexity index is 1240.